The van der Waals surface area contributed by atoms with Crippen LogP contribution in [0.3, 0.4) is 0 Å². The van der Waals surface area contributed by atoms with Gasteiger partial charge in [0.05, 0.1) is 14.2 Å². The molecule has 0 aliphatic carbocycles. The second-order valence-electron chi connectivity index (χ2n) is 3.62. The highest BCUT2D eigenvalue weighted by atomic mass is 32.2. The van der Waals surface area contributed by atoms with Crippen molar-refractivity contribution in [2.45, 2.75) is 13.8 Å². The third kappa shape index (κ3) is 3.20. The fourth-order valence-electron chi connectivity index (χ4n) is 1.33. The minimum Gasteiger partial charge on any atom is -0.465 e. The summed E-state index contributed by atoms with van der Waals surface area (Å²) in [4.78, 5) is 45.8. The summed E-state index contributed by atoms with van der Waals surface area (Å²) in [6, 6.07) is 0. The molecule has 0 aromatic carbocycles. The molecule has 1 aromatic heterocycles. The SMILES string of the molecule is COC(=O)C(C(C)=O)=c1sc(=C(C(C)=O)C(=O)OC)s1. The molecule has 0 saturated carbocycles. The van der Waals surface area contributed by atoms with Crippen LogP contribution in [-0.4, -0.2) is 37.7 Å². The fraction of sp³-hybridized carbons (Fsp3) is 0.333. The molecule has 0 unspecified atom stereocenters. The van der Waals surface area contributed by atoms with E-state index in [2.05, 4.69) is 9.47 Å². The van der Waals surface area contributed by atoms with Crippen molar-refractivity contribution in [3.05, 3.63) is 7.69 Å². The van der Waals surface area contributed by atoms with Crippen molar-refractivity contribution in [2.75, 3.05) is 14.2 Å². The lowest BCUT2D eigenvalue weighted by molar-refractivity contribution is -0.136. The molecule has 0 aliphatic heterocycles. The van der Waals surface area contributed by atoms with E-state index in [1.807, 2.05) is 0 Å². The lowest BCUT2D eigenvalue weighted by Crippen LogP contribution is -2.27. The van der Waals surface area contributed by atoms with Gasteiger partial charge in [0.15, 0.2) is 11.6 Å². The van der Waals surface area contributed by atoms with Crippen LogP contribution >= 0.6 is 22.7 Å². The van der Waals surface area contributed by atoms with E-state index < -0.39 is 23.5 Å². The van der Waals surface area contributed by atoms with E-state index in [0.29, 0.717) is 7.69 Å². The molecule has 0 atom stereocenters. The molecular formula is C12H12O6S2. The number of esters is 2. The number of Topliss-reactive ketones (excluding diaryl/α,β-unsaturated/α-hetero) is 2. The van der Waals surface area contributed by atoms with Crippen molar-refractivity contribution >= 4 is 57.3 Å². The van der Waals surface area contributed by atoms with Gasteiger partial charge >= 0.3 is 11.9 Å². The van der Waals surface area contributed by atoms with Crippen molar-refractivity contribution in [3.8, 4) is 0 Å². The Bertz CT molecular complexity index is 617. The number of ether oxygens (including phenoxy) is 2. The topological polar surface area (TPSA) is 86.7 Å². The first-order valence-corrected chi connectivity index (χ1v) is 6.99. The van der Waals surface area contributed by atoms with Gasteiger partial charge in [0.2, 0.25) is 0 Å². The molecular weight excluding hydrogens is 304 g/mol. The molecule has 1 rings (SSSR count). The van der Waals surface area contributed by atoms with Crippen LogP contribution in [-0.2, 0) is 28.7 Å². The van der Waals surface area contributed by atoms with E-state index in [1.54, 1.807) is 0 Å². The minimum absolute atomic E-state index is 0.0842. The van der Waals surface area contributed by atoms with Crippen LogP contribution in [0, 0.1) is 0 Å². The highest BCUT2D eigenvalue weighted by molar-refractivity contribution is 7.36. The standard InChI is InChI=1S/C12H12O6S2/c1-5(13)7(9(15)17-3)11-19-12(20-11)8(6(2)14)10(16)18-4/h1-4H3. The molecule has 0 fully saturated rings. The molecule has 20 heavy (non-hydrogen) atoms. The Hall–Kier alpha value is -1.80. The zero-order valence-corrected chi connectivity index (χ0v) is 12.9. The molecule has 0 saturated heterocycles. The van der Waals surface area contributed by atoms with E-state index in [4.69, 9.17) is 0 Å². The Balaban J connectivity index is 3.51. The summed E-state index contributed by atoms with van der Waals surface area (Å²) >= 11 is 2.03. The van der Waals surface area contributed by atoms with E-state index in [0.717, 1.165) is 22.7 Å². The quantitative estimate of drug-likeness (QED) is 0.557. The minimum atomic E-state index is -0.742. The molecule has 108 valence electrons. The Morgan fingerprint density at radius 2 is 1.05 bits per heavy atom. The van der Waals surface area contributed by atoms with E-state index >= 15 is 0 Å². The van der Waals surface area contributed by atoms with Crippen molar-refractivity contribution in [3.63, 3.8) is 0 Å². The smallest absolute Gasteiger partial charge is 0.343 e. The largest absolute Gasteiger partial charge is 0.465 e. The number of ketones is 2. The van der Waals surface area contributed by atoms with Gasteiger partial charge in [-0.2, -0.15) is 0 Å². The highest BCUT2D eigenvalue weighted by Gasteiger charge is 2.22. The van der Waals surface area contributed by atoms with Crippen molar-refractivity contribution in [1.82, 2.24) is 0 Å². The summed E-state index contributed by atoms with van der Waals surface area (Å²) < 4.78 is 9.86. The summed E-state index contributed by atoms with van der Waals surface area (Å²) in [5.41, 5.74) is -0.168. The first kappa shape index (κ1) is 16.3. The highest BCUT2D eigenvalue weighted by Crippen LogP contribution is 2.07. The van der Waals surface area contributed by atoms with Crippen molar-refractivity contribution < 1.29 is 28.7 Å². The number of carbonyl (C=O) groups excluding carboxylic acids is 4. The monoisotopic (exact) mass is 316 g/mol. The maximum absolute atomic E-state index is 11.5. The van der Waals surface area contributed by atoms with Crippen molar-refractivity contribution in [2.24, 2.45) is 0 Å². The Labute approximate surface area is 122 Å². The zero-order chi connectivity index (χ0) is 15.4. The molecule has 1 aromatic rings. The van der Waals surface area contributed by atoms with Crippen LogP contribution in [0.2, 0.25) is 0 Å². The first-order chi connectivity index (χ1) is 9.33. The summed E-state index contributed by atoms with van der Waals surface area (Å²) in [5.74, 6) is -2.36. The molecule has 0 amide bonds. The number of hydrogen-bond acceptors (Lipinski definition) is 8. The lowest BCUT2D eigenvalue weighted by Gasteiger charge is -2.04. The summed E-state index contributed by atoms with van der Waals surface area (Å²) in [7, 11) is 2.35. The maximum atomic E-state index is 11.5. The van der Waals surface area contributed by atoms with Gasteiger partial charge in [0.25, 0.3) is 0 Å². The van der Waals surface area contributed by atoms with Gasteiger partial charge in [-0.05, 0) is 13.8 Å². The van der Waals surface area contributed by atoms with Crippen LogP contribution in [0.25, 0.3) is 11.1 Å². The summed E-state index contributed by atoms with van der Waals surface area (Å²) in [6.45, 7) is 2.49. The maximum Gasteiger partial charge on any atom is 0.343 e. The van der Waals surface area contributed by atoms with E-state index in [-0.39, 0.29) is 11.1 Å². The summed E-state index contributed by atoms with van der Waals surface area (Å²) in [6.07, 6.45) is 0. The molecule has 6 nitrogen and oxygen atoms in total. The predicted octanol–water partition coefficient (Wildman–Crippen LogP) is -0.365. The molecule has 0 radical (unpaired) electrons. The zero-order valence-electron chi connectivity index (χ0n) is 11.3. The average molecular weight is 316 g/mol. The number of rotatable bonds is 4. The lowest BCUT2D eigenvalue weighted by atomic mass is 10.2. The van der Waals surface area contributed by atoms with Gasteiger partial charge in [-0.15, -0.1) is 22.7 Å². The van der Waals surface area contributed by atoms with Crippen LogP contribution in [0.4, 0.5) is 0 Å². The Kier molecular flexibility index (Phi) is 5.34. The van der Waals surface area contributed by atoms with Gasteiger partial charge in [-0.1, -0.05) is 0 Å². The predicted molar refractivity (Wildman–Crippen MR) is 73.7 cm³/mol. The van der Waals surface area contributed by atoms with Crippen LogP contribution in [0.1, 0.15) is 13.8 Å². The average Bonchev–Trinajstić information content (AvgIpc) is 2.34. The van der Waals surface area contributed by atoms with Gasteiger partial charge in [-0.3, -0.25) is 9.59 Å². The third-order valence-corrected chi connectivity index (χ3v) is 4.82. The van der Waals surface area contributed by atoms with E-state index in [9.17, 15) is 19.2 Å². The third-order valence-electron chi connectivity index (χ3n) is 2.26. The fourth-order valence-corrected chi connectivity index (χ4v) is 3.74. The van der Waals surface area contributed by atoms with Gasteiger partial charge < -0.3 is 9.47 Å². The van der Waals surface area contributed by atoms with Gasteiger partial charge in [0, 0.05) is 0 Å². The Morgan fingerprint density at radius 3 is 1.25 bits per heavy atom. The van der Waals surface area contributed by atoms with Gasteiger partial charge in [0.1, 0.15) is 18.8 Å². The molecule has 1 heterocycles. The Morgan fingerprint density at radius 1 is 0.750 bits per heavy atom. The van der Waals surface area contributed by atoms with Crippen LogP contribution in [0.5, 0.6) is 0 Å². The molecule has 0 aliphatic rings. The number of carbonyl (C=O) groups is 4. The van der Waals surface area contributed by atoms with Crippen LogP contribution in [0.15, 0.2) is 0 Å². The van der Waals surface area contributed by atoms with Gasteiger partial charge in [-0.25, -0.2) is 9.59 Å². The molecule has 0 spiro atoms. The normalized spacial score (nSPS) is 9.80. The second kappa shape index (κ2) is 6.58. The molecule has 0 bridgehead atoms. The molecule has 0 N–H and O–H groups in total. The number of methoxy groups -OCH3 is 2. The van der Waals surface area contributed by atoms with Crippen molar-refractivity contribution in [1.29, 1.82) is 0 Å². The first-order valence-electron chi connectivity index (χ1n) is 5.36. The van der Waals surface area contributed by atoms with Crippen LogP contribution < -0.4 is 7.69 Å². The second-order valence-corrected chi connectivity index (χ2v) is 6.18. The summed E-state index contributed by atoms with van der Waals surface area (Å²) in [5, 5.41) is 0. The van der Waals surface area contributed by atoms with E-state index in [1.165, 1.54) is 28.1 Å². The number of hydrogen-bond donors (Lipinski definition) is 0. The molecule has 8 heteroatoms.